The normalized spacial score (nSPS) is 11.0. The van der Waals surface area contributed by atoms with Gasteiger partial charge in [-0.15, -0.1) is 11.3 Å². The summed E-state index contributed by atoms with van der Waals surface area (Å²) in [5.41, 5.74) is 0.821. The highest BCUT2D eigenvalue weighted by molar-refractivity contribution is 7.18. The van der Waals surface area contributed by atoms with Crippen LogP contribution in [0.5, 0.6) is 0 Å². The summed E-state index contributed by atoms with van der Waals surface area (Å²) in [7, 11) is 1.72. The highest BCUT2D eigenvalue weighted by atomic mass is 32.1. The number of amides is 1. The van der Waals surface area contributed by atoms with Crippen LogP contribution in [-0.2, 0) is 13.1 Å². The lowest BCUT2D eigenvalue weighted by Gasteiger charge is -2.13. The van der Waals surface area contributed by atoms with Gasteiger partial charge in [0.25, 0.3) is 11.5 Å². The summed E-state index contributed by atoms with van der Waals surface area (Å²) in [5.74, 6) is 0.582. The van der Waals surface area contributed by atoms with Crippen molar-refractivity contribution in [3.8, 4) is 0 Å². The number of hydrogen-bond acceptors (Lipinski definition) is 5. The fourth-order valence-corrected chi connectivity index (χ4v) is 3.81. The molecule has 3 heterocycles. The van der Waals surface area contributed by atoms with Crippen LogP contribution in [0.4, 0.5) is 0 Å². The number of para-hydroxylation sites is 1. The highest BCUT2D eigenvalue weighted by Gasteiger charge is 2.18. The Labute approximate surface area is 159 Å². The van der Waals surface area contributed by atoms with E-state index in [2.05, 4.69) is 4.98 Å². The summed E-state index contributed by atoms with van der Waals surface area (Å²) in [4.78, 5) is 30.6. The summed E-state index contributed by atoms with van der Waals surface area (Å²) in [6.07, 6.45) is 1.69. The minimum atomic E-state index is -0.221. The largest absolute Gasteiger partial charge is 0.454 e. The lowest BCUT2D eigenvalue weighted by molar-refractivity contribution is 0.0751. The first kappa shape index (κ1) is 17.2. The number of carbonyl (C=O) groups excluding carboxylic acids is 1. The number of carbonyl (C=O) groups is 1. The first-order valence-corrected chi connectivity index (χ1v) is 9.26. The average molecular weight is 379 g/mol. The molecule has 4 aromatic rings. The van der Waals surface area contributed by atoms with E-state index in [-0.39, 0.29) is 23.8 Å². The molecule has 6 nitrogen and oxygen atoms in total. The number of thiazole rings is 1. The van der Waals surface area contributed by atoms with Gasteiger partial charge in [0.2, 0.25) is 0 Å². The number of fused-ring (bicyclic) bond motifs is 1. The Morgan fingerprint density at radius 2 is 1.96 bits per heavy atom. The van der Waals surface area contributed by atoms with E-state index in [9.17, 15) is 9.59 Å². The predicted molar refractivity (Wildman–Crippen MR) is 104 cm³/mol. The summed E-state index contributed by atoms with van der Waals surface area (Å²) in [6.45, 7) is 0.695. The standard InChI is InChI=1S/C20H17N3O3S/c1-22(13-18-21-15-6-2-3-7-17(15)27-18)20(25)16-10-9-14(26-16)12-23-11-5-4-8-19(23)24/h2-11H,12-13H2,1H3. The first-order valence-electron chi connectivity index (χ1n) is 8.44. The number of aromatic nitrogens is 2. The molecule has 0 N–H and O–H groups in total. The van der Waals surface area contributed by atoms with Crippen molar-refractivity contribution in [2.45, 2.75) is 13.1 Å². The number of pyridine rings is 1. The Bertz CT molecular complexity index is 1130. The van der Waals surface area contributed by atoms with Gasteiger partial charge >= 0.3 is 0 Å². The molecule has 7 heteroatoms. The molecule has 0 atom stereocenters. The van der Waals surface area contributed by atoms with Crippen LogP contribution in [-0.4, -0.2) is 27.4 Å². The Kier molecular flexibility index (Phi) is 4.60. The second kappa shape index (κ2) is 7.20. The minimum Gasteiger partial charge on any atom is -0.454 e. The van der Waals surface area contributed by atoms with E-state index >= 15 is 0 Å². The molecule has 3 aromatic heterocycles. The molecular formula is C20H17N3O3S. The van der Waals surface area contributed by atoms with Gasteiger partial charge in [-0.3, -0.25) is 9.59 Å². The van der Waals surface area contributed by atoms with Crippen molar-refractivity contribution in [1.29, 1.82) is 0 Å². The molecule has 1 aromatic carbocycles. The van der Waals surface area contributed by atoms with E-state index in [4.69, 9.17) is 4.42 Å². The molecule has 27 heavy (non-hydrogen) atoms. The molecule has 0 unspecified atom stereocenters. The summed E-state index contributed by atoms with van der Waals surface area (Å²) < 4.78 is 8.28. The second-order valence-corrected chi connectivity index (χ2v) is 7.28. The summed E-state index contributed by atoms with van der Waals surface area (Å²) in [5, 5.41) is 0.870. The average Bonchev–Trinajstić information content (AvgIpc) is 3.29. The maximum Gasteiger partial charge on any atom is 0.289 e. The molecular weight excluding hydrogens is 362 g/mol. The van der Waals surface area contributed by atoms with Gasteiger partial charge in [-0.1, -0.05) is 18.2 Å². The van der Waals surface area contributed by atoms with Crippen LogP contribution in [0.3, 0.4) is 0 Å². The van der Waals surface area contributed by atoms with Gasteiger partial charge in [0.1, 0.15) is 10.8 Å². The van der Waals surface area contributed by atoms with Crippen molar-refractivity contribution in [1.82, 2.24) is 14.5 Å². The molecule has 136 valence electrons. The third-order valence-corrected chi connectivity index (χ3v) is 5.18. The van der Waals surface area contributed by atoms with E-state index in [0.717, 1.165) is 15.2 Å². The van der Waals surface area contributed by atoms with Crippen molar-refractivity contribution >= 4 is 27.5 Å². The van der Waals surface area contributed by atoms with Crippen LogP contribution in [0.15, 0.2) is 70.0 Å². The molecule has 4 rings (SSSR count). The Morgan fingerprint density at radius 1 is 1.15 bits per heavy atom. The topological polar surface area (TPSA) is 68.3 Å². The van der Waals surface area contributed by atoms with E-state index in [0.29, 0.717) is 12.3 Å². The number of furan rings is 1. The van der Waals surface area contributed by atoms with Gasteiger partial charge in [-0.05, 0) is 30.3 Å². The van der Waals surface area contributed by atoms with Gasteiger partial charge in [-0.2, -0.15) is 0 Å². The van der Waals surface area contributed by atoms with E-state index < -0.39 is 0 Å². The second-order valence-electron chi connectivity index (χ2n) is 6.17. The van der Waals surface area contributed by atoms with Crippen LogP contribution >= 0.6 is 11.3 Å². The van der Waals surface area contributed by atoms with Gasteiger partial charge in [-0.25, -0.2) is 4.98 Å². The van der Waals surface area contributed by atoms with Crippen LogP contribution in [0.2, 0.25) is 0 Å². The fourth-order valence-electron chi connectivity index (χ4n) is 2.79. The molecule has 0 saturated carbocycles. The van der Waals surface area contributed by atoms with Gasteiger partial charge in [0, 0.05) is 19.3 Å². The predicted octanol–water partition coefficient (Wildman–Crippen LogP) is 3.37. The molecule has 0 saturated heterocycles. The van der Waals surface area contributed by atoms with Crippen LogP contribution in [0, 0.1) is 0 Å². The van der Waals surface area contributed by atoms with E-state index in [1.54, 1.807) is 53.7 Å². The number of nitrogens with zero attached hydrogens (tertiary/aromatic N) is 3. The molecule has 0 aliphatic rings. The van der Waals surface area contributed by atoms with Crippen molar-refractivity contribution in [3.63, 3.8) is 0 Å². The van der Waals surface area contributed by atoms with Crippen molar-refractivity contribution in [3.05, 3.63) is 87.7 Å². The quantitative estimate of drug-likeness (QED) is 0.533. The Morgan fingerprint density at radius 3 is 2.78 bits per heavy atom. The SMILES string of the molecule is CN(Cc1nc2ccccc2s1)C(=O)c1ccc(Cn2ccccc2=O)o1. The molecule has 1 amide bonds. The zero-order valence-corrected chi connectivity index (χ0v) is 15.5. The van der Waals surface area contributed by atoms with Crippen molar-refractivity contribution in [2.24, 2.45) is 0 Å². The van der Waals surface area contributed by atoms with Crippen molar-refractivity contribution in [2.75, 3.05) is 7.05 Å². The van der Waals surface area contributed by atoms with Gasteiger partial charge < -0.3 is 13.9 Å². The summed E-state index contributed by atoms with van der Waals surface area (Å²) >= 11 is 1.57. The smallest absolute Gasteiger partial charge is 0.289 e. The third kappa shape index (κ3) is 3.68. The lowest BCUT2D eigenvalue weighted by atomic mass is 10.3. The minimum absolute atomic E-state index is 0.116. The van der Waals surface area contributed by atoms with Gasteiger partial charge in [0.05, 0.1) is 23.3 Å². The number of hydrogen-bond donors (Lipinski definition) is 0. The molecule has 0 fully saturated rings. The zero-order valence-electron chi connectivity index (χ0n) is 14.7. The van der Waals surface area contributed by atoms with Crippen LogP contribution in [0.25, 0.3) is 10.2 Å². The maximum absolute atomic E-state index is 12.6. The first-order chi connectivity index (χ1) is 13.1. The molecule has 0 radical (unpaired) electrons. The highest BCUT2D eigenvalue weighted by Crippen LogP contribution is 2.23. The molecule has 0 bridgehead atoms. The zero-order chi connectivity index (χ0) is 18.8. The summed E-state index contributed by atoms with van der Waals surface area (Å²) in [6, 6.07) is 16.2. The lowest BCUT2D eigenvalue weighted by Crippen LogP contribution is -2.25. The molecule has 0 aliphatic carbocycles. The third-order valence-electron chi connectivity index (χ3n) is 4.15. The Hall–Kier alpha value is -3.19. The van der Waals surface area contributed by atoms with Gasteiger partial charge in [0.15, 0.2) is 5.76 Å². The number of benzene rings is 1. The molecule has 0 aliphatic heterocycles. The fraction of sp³-hybridized carbons (Fsp3) is 0.150. The van der Waals surface area contributed by atoms with Crippen LogP contribution in [0.1, 0.15) is 21.3 Å². The van der Waals surface area contributed by atoms with E-state index in [1.165, 1.54) is 10.6 Å². The van der Waals surface area contributed by atoms with Crippen molar-refractivity contribution < 1.29 is 9.21 Å². The molecule has 0 spiro atoms. The maximum atomic E-state index is 12.6. The number of rotatable bonds is 5. The monoisotopic (exact) mass is 379 g/mol. The van der Waals surface area contributed by atoms with Crippen LogP contribution < -0.4 is 5.56 Å². The Balaban J connectivity index is 1.46. The van der Waals surface area contributed by atoms with E-state index in [1.807, 2.05) is 24.3 Å².